The molecule has 0 radical (unpaired) electrons. The van der Waals surface area contributed by atoms with Crippen molar-refractivity contribution in [1.82, 2.24) is 14.5 Å². The molecule has 0 atom stereocenters. The second-order valence-corrected chi connectivity index (χ2v) is 9.52. The van der Waals surface area contributed by atoms with Crippen LogP contribution in [0.15, 0.2) is 36.8 Å². The van der Waals surface area contributed by atoms with E-state index in [2.05, 4.69) is 14.7 Å². The molecule has 0 aliphatic heterocycles. The topological polar surface area (TPSA) is 120 Å². The van der Waals surface area contributed by atoms with Crippen LogP contribution in [0.4, 0.5) is 11.5 Å². The molecule has 3 N–H and O–H groups in total. The van der Waals surface area contributed by atoms with E-state index in [1.807, 2.05) is 10.8 Å². The molecule has 0 bridgehead atoms. The van der Waals surface area contributed by atoms with Crippen LogP contribution < -0.4 is 10.5 Å². The summed E-state index contributed by atoms with van der Waals surface area (Å²) < 4.78 is 28.7. The summed E-state index contributed by atoms with van der Waals surface area (Å²) in [5, 5.41) is 0.548. The summed E-state index contributed by atoms with van der Waals surface area (Å²) in [6.45, 7) is 1.80. The fraction of sp³-hybridized carbons (Fsp3) is 0.381. The number of anilines is 2. The van der Waals surface area contributed by atoms with Crippen molar-refractivity contribution in [1.29, 1.82) is 0 Å². The number of rotatable bonds is 7. The lowest BCUT2D eigenvalue weighted by molar-refractivity contribution is 0.104. The summed E-state index contributed by atoms with van der Waals surface area (Å²) in [5.41, 5.74) is 7.96. The van der Waals surface area contributed by atoms with Crippen LogP contribution in [-0.4, -0.2) is 34.5 Å². The van der Waals surface area contributed by atoms with E-state index in [0.29, 0.717) is 34.3 Å². The van der Waals surface area contributed by atoms with Crippen molar-refractivity contribution in [2.75, 3.05) is 16.2 Å². The highest BCUT2D eigenvalue weighted by Gasteiger charge is 2.25. The molecule has 9 heteroatoms. The maximum atomic E-state index is 13.4. The zero-order valence-electron chi connectivity index (χ0n) is 16.8. The van der Waals surface area contributed by atoms with E-state index in [0.717, 1.165) is 25.7 Å². The summed E-state index contributed by atoms with van der Waals surface area (Å²) in [4.78, 5) is 21.9. The van der Waals surface area contributed by atoms with Crippen LogP contribution in [0.25, 0.3) is 11.0 Å². The summed E-state index contributed by atoms with van der Waals surface area (Å²) in [6.07, 6.45) is 8.12. The lowest BCUT2D eigenvalue weighted by atomic mass is 10.0. The van der Waals surface area contributed by atoms with Gasteiger partial charge in [-0.1, -0.05) is 31.9 Å². The number of sulfonamides is 1. The largest absolute Gasteiger partial charge is 0.383 e. The van der Waals surface area contributed by atoms with Crippen molar-refractivity contribution in [3.8, 4) is 0 Å². The number of nitrogens with zero attached hydrogens (tertiary/aromatic N) is 3. The molecule has 1 aliphatic rings. The second-order valence-electron chi connectivity index (χ2n) is 7.68. The Morgan fingerprint density at radius 2 is 2.03 bits per heavy atom. The third-order valence-corrected chi connectivity index (χ3v) is 6.96. The SMILES string of the molecule is CCCS(=O)(=O)Nc1cccc(C(=O)c2cn(C3CCCC3)c3ncnc(N)c23)c1. The maximum absolute atomic E-state index is 13.4. The summed E-state index contributed by atoms with van der Waals surface area (Å²) in [5.74, 6) is 0.0446. The molecule has 158 valence electrons. The number of aromatic nitrogens is 3. The minimum atomic E-state index is -3.45. The molecule has 1 fully saturated rings. The van der Waals surface area contributed by atoms with Crippen LogP contribution in [-0.2, 0) is 10.0 Å². The standard InChI is InChI=1S/C21H25N5O3S/c1-2-10-30(28,29)25-15-7-5-6-14(11-15)19(27)17-12-26(16-8-3-4-9-16)21-18(17)20(22)23-13-24-21/h5-7,11-13,16,25H,2-4,8-10H2,1H3,(H2,22,23,24). The van der Waals surface area contributed by atoms with Crippen molar-refractivity contribution < 1.29 is 13.2 Å². The number of hydrogen-bond donors (Lipinski definition) is 2. The quantitative estimate of drug-likeness (QED) is 0.557. The van der Waals surface area contributed by atoms with Crippen LogP contribution in [0.3, 0.4) is 0 Å². The van der Waals surface area contributed by atoms with Gasteiger partial charge in [0, 0.05) is 23.5 Å². The maximum Gasteiger partial charge on any atom is 0.232 e. The normalized spacial score (nSPS) is 15.0. The van der Waals surface area contributed by atoms with E-state index in [-0.39, 0.29) is 23.4 Å². The molecule has 0 spiro atoms. The minimum Gasteiger partial charge on any atom is -0.383 e. The van der Waals surface area contributed by atoms with Crippen molar-refractivity contribution in [3.63, 3.8) is 0 Å². The number of ketones is 1. The van der Waals surface area contributed by atoms with Crippen molar-refractivity contribution in [2.24, 2.45) is 0 Å². The molecular weight excluding hydrogens is 402 g/mol. The van der Waals surface area contributed by atoms with Crippen molar-refractivity contribution >= 4 is 38.3 Å². The molecule has 2 heterocycles. The van der Waals surface area contributed by atoms with E-state index in [1.165, 1.54) is 6.33 Å². The molecule has 0 saturated heterocycles. The molecular formula is C21H25N5O3S. The van der Waals surface area contributed by atoms with Gasteiger partial charge in [-0.2, -0.15) is 0 Å². The zero-order chi connectivity index (χ0) is 21.3. The molecule has 3 aromatic rings. The van der Waals surface area contributed by atoms with Gasteiger partial charge >= 0.3 is 0 Å². The predicted molar refractivity (Wildman–Crippen MR) is 117 cm³/mol. The molecule has 0 unspecified atom stereocenters. The Labute approximate surface area is 175 Å². The van der Waals surface area contributed by atoms with Gasteiger partial charge < -0.3 is 10.3 Å². The van der Waals surface area contributed by atoms with Gasteiger partial charge in [-0.25, -0.2) is 18.4 Å². The number of hydrogen-bond acceptors (Lipinski definition) is 6. The van der Waals surface area contributed by atoms with Gasteiger partial charge in [0.05, 0.1) is 16.7 Å². The molecule has 0 amide bonds. The summed E-state index contributed by atoms with van der Waals surface area (Å²) >= 11 is 0. The Morgan fingerprint density at radius 3 is 2.77 bits per heavy atom. The highest BCUT2D eigenvalue weighted by atomic mass is 32.2. The van der Waals surface area contributed by atoms with Crippen LogP contribution in [0.1, 0.15) is 61.0 Å². The fourth-order valence-corrected chi connectivity index (χ4v) is 5.25. The molecule has 1 saturated carbocycles. The fourth-order valence-electron chi connectivity index (χ4n) is 4.12. The minimum absolute atomic E-state index is 0.0217. The lowest BCUT2D eigenvalue weighted by Gasteiger charge is -2.12. The lowest BCUT2D eigenvalue weighted by Crippen LogP contribution is -2.16. The van der Waals surface area contributed by atoms with Crippen LogP contribution >= 0.6 is 0 Å². The van der Waals surface area contributed by atoms with Gasteiger partial charge in [-0.05, 0) is 31.4 Å². The first-order chi connectivity index (χ1) is 14.4. The number of nitrogen functional groups attached to an aromatic ring is 1. The summed E-state index contributed by atoms with van der Waals surface area (Å²) in [6, 6.07) is 6.79. The number of benzene rings is 1. The first kappa shape index (κ1) is 20.3. The van der Waals surface area contributed by atoms with Gasteiger partial charge in [0.25, 0.3) is 0 Å². The number of carbonyl (C=O) groups excluding carboxylic acids is 1. The summed E-state index contributed by atoms with van der Waals surface area (Å²) in [7, 11) is -3.45. The third-order valence-electron chi connectivity index (χ3n) is 5.47. The number of nitrogens with one attached hydrogen (secondary N) is 1. The van der Waals surface area contributed by atoms with Crippen molar-refractivity contribution in [3.05, 3.63) is 47.9 Å². The number of carbonyl (C=O) groups is 1. The number of nitrogens with two attached hydrogens (primary N) is 1. The van der Waals surface area contributed by atoms with Gasteiger partial charge in [0.15, 0.2) is 5.78 Å². The van der Waals surface area contributed by atoms with Gasteiger partial charge in [0.2, 0.25) is 10.0 Å². The smallest absolute Gasteiger partial charge is 0.232 e. The average molecular weight is 428 g/mol. The van der Waals surface area contributed by atoms with E-state index < -0.39 is 10.0 Å². The first-order valence-electron chi connectivity index (χ1n) is 10.2. The highest BCUT2D eigenvalue weighted by molar-refractivity contribution is 7.92. The van der Waals surface area contributed by atoms with Crippen LogP contribution in [0.5, 0.6) is 0 Å². The van der Waals surface area contributed by atoms with Gasteiger partial charge in [0.1, 0.15) is 17.8 Å². The Kier molecular flexibility index (Phi) is 5.46. The van der Waals surface area contributed by atoms with Crippen LogP contribution in [0, 0.1) is 0 Å². The average Bonchev–Trinajstić information content (AvgIpc) is 3.35. The molecule has 4 rings (SSSR count). The third kappa shape index (κ3) is 3.89. The highest BCUT2D eigenvalue weighted by Crippen LogP contribution is 2.35. The van der Waals surface area contributed by atoms with E-state index in [4.69, 9.17) is 5.73 Å². The zero-order valence-corrected chi connectivity index (χ0v) is 17.7. The Hall–Kier alpha value is -2.94. The Morgan fingerprint density at radius 1 is 1.27 bits per heavy atom. The van der Waals surface area contributed by atoms with E-state index in [9.17, 15) is 13.2 Å². The molecule has 30 heavy (non-hydrogen) atoms. The Balaban J connectivity index is 1.74. The second kappa shape index (κ2) is 8.06. The van der Waals surface area contributed by atoms with E-state index in [1.54, 1.807) is 31.2 Å². The predicted octanol–water partition coefficient (Wildman–Crippen LogP) is 3.51. The van der Waals surface area contributed by atoms with Crippen LogP contribution in [0.2, 0.25) is 0 Å². The molecule has 2 aromatic heterocycles. The van der Waals surface area contributed by atoms with Gasteiger partial charge in [-0.3, -0.25) is 9.52 Å². The van der Waals surface area contributed by atoms with Gasteiger partial charge in [-0.15, -0.1) is 0 Å². The molecule has 1 aliphatic carbocycles. The first-order valence-corrected chi connectivity index (χ1v) is 11.8. The van der Waals surface area contributed by atoms with Crippen molar-refractivity contribution in [2.45, 2.75) is 45.1 Å². The van der Waals surface area contributed by atoms with E-state index >= 15 is 0 Å². The monoisotopic (exact) mass is 427 g/mol. The number of fused-ring (bicyclic) bond motifs is 1. The molecule has 8 nitrogen and oxygen atoms in total. The Bertz CT molecular complexity index is 1200. The molecule has 1 aromatic carbocycles.